The second kappa shape index (κ2) is 10.5. The molecule has 2 saturated carbocycles. The Morgan fingerprint density at radius 2 is 1.35 bits per heavy atom. The van der Waals surface area contributed by atoms with Crippen molar-refractivity contribution in [2.45, 2.75) is 104 Å². The van der Waals surface area contributed by atoms with Gasteiger partial charge >= 0.3 is 0 Å². The molecule has 1 heteroatoms. The first-order chi connectivity index (χ1) is 11.2. The van der Waals surface area contributed by atoms with Gasteiger partial charge in [-0.3, -0.25) is 0 Å². The van der Waals surface area contributed by atoms with Crippen molar-refractivity contribution in [1.29, 1.82) is 0 Å². The molecule has 2 rings (SSSR count). The molecule has 0 heterocycles. The summed E-state index contributed by atoms with van der Waals surface area (Å²) in [7, 11) is 0. The third-order valence-corrected chi connectivity index (χ3v) is 6.52. The predicted octanol–water partition coefficient (Wildman–Crippen LogP) is 6.79. The molecule has 0 bridgehead atoms. The highest BCUT2D eigenvalue weighted by Crippen LogP contribution is 2.35. The first kappa shape index (κ1) is 19.0. The molecule has 0 radical (unpaired) electrons. The number of hydrogen-bond acceptors (Lipinski definition) is 1. The Balaban J connectivity index is 1.44. The lowest BCUT2D eigenvalue weighted by Crippen LogP contribution is -2.19. The van der Waals surface area contributed by atoms with Crippen LogP contribution in [0, 0.1) is 29.6 Å². The quantitative estimate of drug-likeness (QED) is 0.337. The van der Waals surface area contributed by atoms with E-state index in [0.29, 0.717) is 5.92 Å². The van der Waals surface area contributed by atoms with E-state index in [4.69, 9.17) is 0 Å². The Bertz CT molecular complexity index is 314. The number of hydrogen-bond donors (Lipinski definition) is 0. The van der Waals surface area contributed by atoms with Crippen molar-refractivity contribution in [3.63, 3.8) is 0 Å². The highest BCUT2D eigenvalue weighted by Gasteiger charge is 2.23. The Morgan fingerprint density at radius 3 is 2.00 bits per heavy atom. The van der Waals surface area contributed by atoms with Gasteiger partial charge in [-0.25, -0.2) is 0 Å². The van der Waals surface area contributed by atoms with E-state index in [2.05, 4.69) is 13.8 Å². The fourth-order valence-electron chi connectivity index (χ4n) is 5.46. The molecule has 4 unspecified atom stereocenters. The zero-order chi connectivity index (χ0) is 16.5. The predicted molar refractivity (Wildman–Crippen MR) is 99.5 cm³/mol. The molecule has 0 aromatic carbocycles. The Labute approximate surface area is 145 Å². The van der Waals surface area contributed by atoms with Crippen molar-refractivity contribution in [1.82, 2.24) is 0 Å². The van der Waals surface area contributed by atoms with Crippen molar-refractivity contribution < 1.29 is 4.79 Å². The van der Waals surface area contributed by atoms with Crippen LogP contribution in [0.25, 0.3) is 0 Å². The summed E-state index contributed by atoms with van der Waals surface area (Å²) in [5, 5.41) is 0. The van der Waals surface area contributed by atoms with E-state index in [1.54, 1.807) is 0 Å². The maximum Gasteiger partial charge on any atom is 0.123 e. The number of rotatable bonds is 9. The van der Waals surface area contributed by atoms with E-state index in [1.807, 2.05) is 0 Å². The SMILES string of the molecule is CC1CC(C)CC(CCCCCCCC2CCCC(C=O)C2)C1. The van der Waals surface area contributed by atoms with Crippen molar-refractivity contribution in [2.24, 2.45) is 29.6 Å². The molecule has 0 amide bonds. The fourth-order valence-corrected chi connectivity index (χ4v) is 5.46. The van der Waals surface area contributed by atoms with Crippen LogP contribution in [0.4, 0.5) is 0 Å². The van der Waals surface area contributed by atoms with E-state index in [1.165, 1.54) is 89.8 Å². The van der Waals surface area contributed by atoms with Crippen LogP contribution in [-0.4, -0.2) is 6.29 Å². The fraction of sp³-hybridized carbons (Fsp3) is 0.955. The van der Waals surface area contributed by atoms with Gasteiger partial charge in [0.15, 0.2) is 0 Å². The molecule has 0 saturated heterocycles. The zero-order valence-electron chi connectivity index (χ0n) is 15.8. The molecule has 1 nitrogen and oxygen atoms in total. The second-order valence-corrected chi connectivity index (χ2v) is 9.06. The summed E-state index contributed by atoms with van der Waals surface area (Å²) in [5.74, 6) is 4.19. The van der Waals surface area contributed by atoms with Crippen LogP contribution in [0.1, 0.15) is 104 Å². The molecule has 134 valence electrons. The molecule has 4 atom stereocenters. The van der Waals surface area contributed by atoms with Gasteiger partial charge in [-0.05, 0) is 55.8 Å². The normalized spacial score (nSPS) is 35.1. The molecular formula is C22H40O. The Hall–Kier alpha value is -0.330. The molecular weight excluding hydrogens is 280 g/mol. The highest BCUT2D eigenvalue weighted by molar-refractivity contribution is 5.53. The lowest BCUT2D eigenvalue weighted by atomic mass is 9.75. The highest BCUT2D eigenvalue weighted by atomic mass is 16.1. The molecule has 0 aliphatic heterocycles. The van der Waals surface area contributed by atoms with Crippen LogP contribution in [0.2, 0.25) is 0 Å². The van der Waals surface area contributed by atoms with Gasteiger partial charge in [0.1, 0.15) is 6.29 Å². The van der Waals surface area contributed by atoms with Crippen LogP contribution in [0.5, 0.6) is 0 Å². The number of carbonyl (C=O) groups excluding carboxylic acids is 1. The summed E-state index contributed by atoms with van der Waals surface area (Å²) in [6.07, 6.45) is 20.7. The third kappa shape index (κ3) is 7.40. The maximum absolute atomic E-state index is 10.9. The van der Waals surface area contributed by atoms with Crippen LogP contribution < -0.4 is 0 Å². The Morgan fingerprint density at radius 1 is 0.739 bits per heavy atom. The van der Waals surface area contributed by atoms with Gasteiger partial charge in [-0.15, -0.1) is 0 Å². The van der Waals surface area contributed by atoms with Gasteiger partial charge in [0, 0.05) is 5.92 Å². The number of aldehydes is 1. The van der Waals surface area contributed by atoms with Crippen molar-refractivity contribution >= 4 is 6.29 Å². The van der Waals surface area contributed by atoms with Gasteiger partial charge in [0.2, 0.25) is 0 Å². The van der Waals surface area contributed by atoms with E-state index < -0.39 is 0 Å². The summed E-state index contributed by atoms with van der Waals surface area (Å²) in [5.41, 5.74) is 0. The minimum absolute atomic E-state index is 0.383. The molecule has 2 aliphatic rings. The van der Waals surface area contributed by atoms with Gasteiger partial charge in [0.05, 0.1) is 0 Å². The summed E-state index contributed by atoms with van der Waals surface area (Å²) in [6.45, 7) is 4.90. The first-order valence-corrected chi connectivity index (χ1v) is 10.6. The minimum atomic E-state index is 0.383. The zero-order valence-corrected chi connectivity index (χ0v) is 15.8. The summed E-state index contributed by atoms with van der Waals surface area (Å²) in [4.78, 5) is 10.9. The monoisotopic (exact) mass is 320 g/mol. The molecule has 0 spiro atoms. The molecule has 0 aromatic rings. The van der Waals surface area contributed by atoms with Crippen LogP contribution in [0.15, 0.2) is 0 Å². The number of carbonyl (C=O) groups is 1. The average molecular weight is 321 g/mol. The average Bonchev–Trinajstić information content (AvgIpc) is 2.53. The molecule has 23 heavy (non-hydrogen) atoms. The van der Waals surface area contributed by atoms with Crippen molar-refractivity contribution in [3.8, 4) is 0 Å². The molecule has 2 fully saturated rings. The molecule has 2 aliphatic carbocycles. The maximum atomic E-state index is 10.9. The lowest BCUT2D eigenvalue weighted by Gasteiger charge is -2.31. The minimum Gasteiger partial charge on any atom is -0.303 e. The number of unbranched alkanes of at least 4 members (excludes halogenated alkanes) is 4. The van der Waals surface area contributed by atoms with Gasteiger partial charge in [0.25, 0.3) is 0 Å². The summed E-state index contributed by atoms with van der Waals surface area (Å²) < 4.78 is 0. The smallest absolute Gasteiger partial charge is 0.123 e. The Kier molecular flexibility index (Phi) is 8.69. The van der Waals surface area contributed by atoms with Gasteiger partial charge in [-0.2, -0.15) is 0 Å². The van der Waals surface area contributed by atoms with Crippen LogP contribution in [-0.2, 0) is 4.79 Å². The summed E-state index contributed by atoms with van der Waals surface area (Å²) in [6, 6.07) is 0. The van der Waals surface area contributed by atoms with Gasteiger partial charge < -0.3 is 4.79 Å². The molecule has 0 aromatic heterocycles. The van der Waals surface area contributed by atoms with Crippen LogP contribution in [0.3, 0.4) is 0 Å². The summed E-state index contributed by atoms with van der Waals surface area (Å²) >= 11 is 0. The van der Waals surface area contributed by atoms with E-state index in [-0.39, 0.29) is 0 Å². The molecule has 0 N–H and O–H groups in total. The third-order valence-electron chi connectivity index (χ3n) is 6.52. The van der Waals surface area contributed by atoms with E-state index in [9.17, 15) is 4.79 Å². The lowest BCUT2D eigenvalue weighted by molar-refractivity contribution is -0.112. The van der Waals surface area contributed by atoms with Crippen molar-refractivity contribution in [3.05, 3.63) is 0 Å². The van der Waals surface area contributed by atoms with Gasteiger partial charge in [-0.1, -0.05) is 71.6 Å². The van der Waals surface area contributed by atoms with E-state index >= 15 is 0 Å². The largest absolute Gasteiger partial charge is 0.303 e. The van der Waals surface area contributed by atoms with Crippen LogP contribution >= 0.6 is 0 Å². The first-order valence-electron chi connectivity index (χ1n) is 10.6. The second-order valence-electron chi connectivity index (χ2n) is 9.06. The topological polar surface area (TPSA) is 17.1 Å². The van der Waals surface area contributed by atoms with Crippen molar-refractivity contribution in [2.75, 3.05) is 0 Å². The van der Waals surface area contributed by atoms with E-state index in [0.717, 1.165) is 30.1 Å². The standard InChI is InChI=1S/C22H40O/c1-18-13-19(2)15-21(14-18)10-7-5-3-4-6-9-20-11-8-12-22(16-20)17-23/h17-22H,3-16H2,1-2H3.